The lowest BCUT2D eigenvalue weighted by atomic mass is 10.2. The summed E-state index contributed by atoms with van der Waals surface area (Å²) in [6, 6.07) is 0.656. The lowest BCUT2D eigenvalue weighted by Crippen LogP contribution is -2.47. The normalized spacial score (nSPS) is 42.7. The van der Waals surface area contributed by atoms with E-state index in [2.05, 4.69) is 5.32 Å². The molecule has 2 fully saturated rings. The molecule has 52 valence electrons. The molecule has 0 aromatic heterocycles. The van der Waals surface area contributed by atoms with Crippen LogP contribution in [-0.4, -0.2) is 36.8 Å². The zero-order valence-electron chi connectivity index (χ0n) is 5.30. The number of morpholine rings is 1. The molecule has 2 aliphatic heterocycles. The molecular formula is C6H11NOS. The molecule has 0 saturated carbocycles. The summed E-state index contributed by atoms with van der Waals surface area (Å²) < 4.78 is 5.52. The Morgan fingerprint density at radius 2 is 2.44 bits per heavy atom. The van der Waals surface area contributed by atoms with Gasteiger partial charge in [-0.05, 0) is 0 Å². The standard InChI is InChI=1S/C6H11NOS/c1-2-8-6-4-9-3-5(6)7-1/h5-7H,1-4H2. The third-order valence-corrected chi connectivity index (χ3v) is 3.03. The van der Waals surface area contributed by atoms with Gasteiger partial charge in [0.1, 0.15) is 0 Å². The number of fused-ring (bicyclic) bond motifs is 1. The van der Waals surface area contributed by atoms with Gasteiger partial charge in [-0.3, -0.25) is 0 Å². The average molecular weight is 145 g/mol. The van der Waals surface area contributed by atoms with Gasteiger partial charge in [-0.1, -0.05) is 0 Å². The SMILES string of the molecule is C1COC2CSCC2N1. The molecule has 2 saturated heterocycles. The molecular weight excluding hydrogens is 134 g/mol. The highest BCUT2D eigenvalue weighted by Crippen LogP contribution is 2.22. The van der Waals surface area contributed by atoms with E-state index in [1.165, 1.54) is 11.5 Å². The molecule has 2 nitrogen and oxygen atoms in total. The van der Waals surface area contributed by atoms with Gasteiger partial charge in [0, 0.05) is 24.1 Å². The van der Waals surface area contributed by atoms with Crippen LogP contribution in [0.1, 0.15) is 0 Å². The Bertz CT molecular complexity index is 97.2. The maximum Gasteiger partial charge on any atom is 0.0826 e. The van der Waals surface area contributed by atoms with E-state index >= 15 is 0 Å². The van der Waals surface area contributed by atoms with E-state index in [1.54, 1.807) is 0 Å². The first-order valence-electron chi connectivity index (χ1n) is 3.39. The van der Waals surface area contributed by atoms with E-state index in [0.29, 0.717) is 12.1 Å². The summed E-state index contributed by atoms with van der Waals surface area (Å²) in [4.78, 5) is 0. The Hall–Kier alpha value is 0.270. The van der Waals surface area contributed by atoms with Crippen molar-refractivity contribution in [2.45, 2.75) is 12.1 Å². The second kappa shape index (κ2) is 2.48. The molecule has 1 N–H and O–H groups in total. The molecule has 3 heteroatoms. The topological polar surface area (TPSA) is 21.3 Å². The van der Waals surface area contributed by atoms with Crippen LogP contribution >= 0.6 is 11.8 Å². The summed E-state index contributed by atoms with van der Waals surface area (Å²) in [5.74, 6) is 2.43. The fourth-order valence-corrected chi connectivity index (χ4v) is 2.63. The Kier molecular flexibility index (Phi) is 1.66. The maximum absolute atomic E-state index is 5.52. The molecule has 2 aliphatic rings. The van der Waals surface area contributed by atoms with Crippen LogP contribution in [0.4, 0.5) is 0 Å². The van der Waals surface area contributed by atoms with Gasteiger partial charge in [0.05, 0.1) is 12.7 Å². The molecule has 0 aromatic carbocycles. The quantitative estimate of drug-likeness (QED) is 0.522. The monoisotopic (exact) mass is 145 g/mol. The Balaban J connectivity index is 1.97. The summed E-state index contributed by atoms with van der Waals surface area (Å²) in [5, 5.41) is 3.44. The van der Waals surface area contributed by atoms with Crippen LogP contribution in [0.15, 0.2) is 0 Å². The van der Waals surface area contributed by atoms with Gasteiger partial charge in [-0.25, -0.2) is 0 Å². The average Bonchev–Trinajstić information content (AvgIpc) is 2.33. The second-order valence-corrected chi connectivity index (χ2v) is 3.58. The Morgan fingerprint density at radius 1 is 1.44 bits per heavy atom. The molecule has 0 bridgehead atoms. The van der Waals surface area contributed by atoms with Crippen LogP contribution in [0.2, 0.25) is 0 Å². The smallest absolute Gasteiger partial charge is 0.0826 e. The highest BCUT2D eigenvalue weighted by molar-refractivity contribution is 7.99. The molecule has 9 heavy (non-hydrogen) atoms. The predicted molar refractivity (Wildman–Crippen MR) is 38.9 cm³/mol. The van der Waals surface area contributed by atoms with Gasteiger partial charge in [0.2, 0.25) is 0 Å². The Morgan fingerprint density at radius 3 is 3.33 bits per heavy atom. The highest BCUT2D eigenvalue weighted by atomic mass is 32.2. The number of hydrogen-bond donors (Lipinski definition) is 1. The summed E-state index contributed by atoms with van der Waals surface area (Å²) in [6.07, 6.45) is 0.517. The third-order valence-electron chi connectivity index (χ3n) is 1.87. The molecule has 2 rings (SSSR count). The molecule has 0 radical (unpaired) electrons. The summed E-state index contributed by atoms with van der Waals surface area (Å²) >= 11 is 1.99. The largest absolute Gasteiger partial charge is 0.374 e. The molecule has 2 unspecified atom stereocenters. The van der Waals surface area contributed by atoms with E-state index in [0.717, 1.165) is 13.2 Å². The van der Waals surface area contributed by atoms with Crippen molar-refractivity contribution in [1.29, 1.82) is 0 Å². The number of nitrogens with one attached hydrogen (secondary N) is 1. The van der Waals surface area contributed by atoms with Gasteiger partial charge in [-0.2, -0.15) is 11.8 Å². The minimum Gasteiger partial charge on any atom is -0.374 e. The lowest BCUT2D eigenvalue weighted by Gasteiger charge is -2.25. The van der Waals surface area contributed by atoms with Crippen molar-refractivity contribution in [3.05, 3.63) is 0 Å². The molecule has 0 aliphatic carbocycles. The first kappa shape index (κ1) is 6.01. The minimum atomic E-state index is 0.517. The fourth-order valence-electron chi connectivity index (χ4n) is 1.34. The molecule has 2 atom stereocenters. The van der Waals surface area contributed by atoms with Crippen LogP contribution in [0.3, 0.4) is 0 Å². The van der Waals surface area contributed by atoms with Gasteiger partial charge in [-0.15, -0.1) is 0 Å². The van der Waals surface area contributed by atoms with Crippen LogP contribution in [0.25, 0.3) is 0 Å². The van der Waals surface area contributed by atoms with Gasteiger partial charge >= 0.3 is 0 Å². The van der Waals surface area contributed by atoms with Crippen molar-refractivity contribution < 1.29 is 4.74 Å². The highest BCUT2D eigenvalue weighted by Gasteiger charge is 2.30. The van der Waals surface area contributed by atoms with Crippen molar-refractivity contribution in [2.75, 3.05) is 24.7 Å². The molecule has 0 spiro atoms. The van der Waals surface area contributed by atoms with Gasteiger partial charge in [0.15, 0.2) is 0 Å². The zero-order valence-corrected chi connectivity index (χ0v) is 6.12. The number of rotatable bonds is 0. The van der Waals surface area contributed by atoms with Crippen LogP contribution < -0.4 is 5.32 Å². The van der Waals surface area contributed by atoms with Crippen LogP contribution in [0, 0.1) is 0 Å². The van der Waals surface area contributed by atoms with Gasteiger partial charge < -0.3 is 10.1 Å². The number of hydrogen-bond acceptors (Lipinski definition) is 3. The molecule has 0 amide bonds. The van der Waals surface area contributed by atoms with Crippen molar-refractivity contribution in [1.82, 2.24) is 5.32 Å². The van der Waals surface area contributed by atoms with E-state index < -0.39 is 0 Å². The number of ether oxygens (including phenoxy) is 1. The minimum absolute atomic E-state index is 0.517. The van der Waals surface area contributed by atoms with E-state index in [4.69, 9.17) is 4.74 Å². The second-order valence-electron chi connectivity index (χ2n) is 2.51. The van der Waals surface area contributed by atoms with Crippen molar-refractivity contribution in [3.8, 4) is 0 Å². The summed E-state index contributed by atoms with van der Waals surface area (Å²) in [5.41, 5.74) is 0. The van der Waals surface area contributed by atoms with E-state index in [9.17, 15) is 0 Å². The van der Waals surface area contributed by atoms with Crippen molar-refractivity contribution in [2.24, 2.45) is 0 Å². The molecule has 2 heterocycles. The maximum atomic E-state index is 5.52. The predicted octanol–water partition coefficient (Wildman–Crippen LogP) is 0.0902. The van der Waals surface area contributed by atoms with Gasteiger partial charge in [0.25, 0.3) is 0 Å². The van der Waals surface area contributed by atoms with Crippen LogP contribution in [-0.2, 0) is 4.74 Å². The van der Waals surface area contributed by atoms with Crippen molar-refractivity contribution in [3.63, 3.8) is 0 Å². The Labute approximate surface area is 59.3 Å². The lowest BCUT2D eigenvalue weighted by molar-refractivity contribution is 0.0225. The summed E-state index contributed by atoms with van der Waals surface area (Å²) in [6.45, 7) is 1.95. The van der Waals surface area contributed by atoms with E-state index in [-0.39, 0.29) is 0 Å². The van der Waals surface area contributed by atoms with Crippen LogP contribution in [0.5, 0.6) is 0 Å². The van der Waals surface area contributed by atoms with E-state index in [1.807, 2.05) is 11.8 Å². The summed E-state index contributed by atoms with van der Waals surface area (Å²) in [7, 11) is 0. The first-order chi connectivity index (χ1) is 4.47. The number of thioether (sulfide) groups is 1. The van der Waals surface area contributed by atoms with Crippen molar-refractivity contribution >= 4 is 11.8 Å². The fraction of sp³-hybridized carbons (Fsp3) is 1.00. The molecule has 0 aromatic rings. The third kappa shape index (κ3) is 1.09. The zero-order chi connectivity index (χ0) is 6.10. The first-order valence-corrected chi connectivity index (χ1v) is 4.55.